The third kappa shape index (κ3) is 2.80. The number of piperazine rings is 1. The van der Waals surface area contributed by atoms with Gasteiger partial charge >= 0.3 is 0 Å². The summed E-state index contributed by atoms with van der Waals surface area (Å²) in [4.78, 5) is 27.8. The number of rotatable bonds is 5. The first-order valence-electron chi connectivity index (χ1n) is 7.64. The summed E-state index contributed by atoms with van der Waals surface area (Å²) in [6.07, 6.45) is 3.16. The highest BCUT2D eigenvalue weighted by atomic mass is 16.5. The van der Waals surface area contributed by atoms with Crippen molar-refractivity contribution in [1.29, 1.82) is 0 Å². The first-order chi connectivity index (χ1) is 10.1. The van der Waals surface area contributed by atoms with Crippen molar-refractivity contribution in [3.8, 4) is 0 Å². The Morgan fingerprint density at radius 3 is 2.81 bits per heavy atom. The summed E-state index contributed by atoms with van der Waals surface area (Å²) in [6.45, 7) is 4.94. The van der Waals surface area contributed by atoms with Gasteiger partial charge in [-0.25, -0.2) is 0 Å². The van der Waals surface area contributed by atoms with Crippen molar-refractivity contribution in [2.24, 2.45) is 0 Å². The Morgan fingerprint density at radius 2 is 2.14 bits per heavy atom. The van der Waals surface area contributed by atoms with E-state index in [0.717, 1.165) is 30.7 Å². The molecule has 1 aromatic heterocycles. The molecule has 2 heterocycles. The molecular weight excluding hydrogens is 270 g/mol. The number of carbonyl (C=O) groups is 2. The summed E-state index contributed by atoms with van der Waals surface area (Å²) in [5.41, 5.74) is 0.730. The Hall–Kier alpha value is -1.85. The number of carbonyl (C=O) groups excluding carboxylic acids is 2. The molecule has 1 saturated carbocycles. The monoisotopic (exact) mass is 291 g/mol. The molecule has 1 aliphatic carbocycles. The maximum atomic E-state index is 12.3. The van der Waals surface area contributed by atoms with Gasteiger partial charge in [0.05, 0.1) is 13.1 Å². The van der Waals surface area contributed by atoms with Crippen molar-refractivity contribution < 1.29 is 14.1 Å². The molecule has 0 spiro atoms. The number of aromatic nitrogens is 1. The highest BCUT2D eigenvalue weighted by Gasteiger charge is 2.36. The molecule has 1 saturated heterocycles. The van der Waals surface area contributed by atoms with E-state index in [1.807, 2.05) is 13.0 Å². The largest absolute Gasteiger partial charge is 0.361 e. The van der Waals surface area contributed by atoms with E-state index in [1.54, 1.807) is 16.7 Å². The van der Waals surface area contributed by atoms with Gasteiger partial charge in [0.25, 0.3) is 0 Å². The molecule has 114 valence electrons. The summed E-state index contributed by atoms with van der Waals surface area (Å²) in [6, 6.07) is 1.49. The van der Waals surface area contributed by atoms with Crippen molar-refractivity contribution in [3.63, 3.8) is 0 Å². The average Bonchev–Trinajstić information content (AvgIpc) is 3.21. The Bertz CT molecular complexity index is 550. The average molecular weight is 291 g/mol. The third-order valence-electron chi connectivity index (χ3n) is 4.17. The van der Waals surface area contributed by atoms with Crippen LogP contribution in [0, 0.1) is 0 Å². The minimum absolute atomic E-state index is 0.0161. The zero-order chi connectivity index (χ0) is 15.0. The van der Waals surface area contributed by atoms with Gasteiger partial charge in [0.15, 0.2) is 0 Å². The molecule has 2 amide bonds. The summed E-state index contributed by atoms with van der Waals surface area (Å²) in [5.74, 6) is 1.40. The van der Waals surface area contributed by atoms with Crippen LogP contribution in [0.25, 0.3) is 0 Å². The maximum Gasteiger partial charge on any atom is 0.245 e. The van der Waals surface area contributed by atoms with Gasteiger partial charge in [-0.05, 0) is 26.2 Å². The number of hydrogen-bond donors (Lipinski definition) is 0. The molecule has 0 aromatic carbocycles. The zero-order valence-corrected chi connectivity index (χ0v) is 12.5. The van der Waals surface area contributed by atoms with Gasteiger partial charge in [0.1, 0.15) is 17.5 Å². The molecule has 6 heteroatoms. The Morgan fingerprint density at radius 1 is 1.38 bits per heavy atom. The molecule has 6 nitrogen and oxygen atoms in total. The van der Waals surface area contributed by atoms with Gasteiger partial charge in [-0.3, -0.25) is 9.59 Å². The van der Waals surface area contributed by atoms with Crippen molar-refractivity contribution in [2.45, 2.75) is 51.6 Å². The molecule has 1 aliphatic heterocycles. The molecule has 1 aromatic rings. The molecule has 0 N–H and O–H groups in total. The minimum atomic E-state index is -0.432. The fourth-order valence-electron chi connectivity index (χ4n) is 2.77. The van der Waals surface area contributed by atoms with E-state index in [0.29, 0.717) is 19.0 Å². The van der Waals surface area contributed by atoms with E-state index in [2.05, 4.69) is 5.16 Å². The summed E-state index contributed by atoms with van der Waals surface area (Å²) >= 11 is 0. The van der Waals surface area contributed by atoms with Crippen molar-refractivity contribution in [3.05, 3.63) is 17.5 Å². The molecule has 0 radical (unpaired) electrons. The van der Waals surface area contributed by atoms with E-state index < -0.39 is 6.04 Å². The van der Waals surface area contributed by atoms with Crippen LogP contribution < -0.4 is 0 Å². The van der Waals surface area contributed by atoms with Crippen LogP contribution in [0.15, 0.2) is 10.6 Å². The lowest BCUT2D eigenvalue weighted by molar-refractivity contribution is -0.155. The molecule has 2 fully saturated rings. The van der Waals surface area contributed by atoms with Gasteiger partial charge < -0.3 is 14.3 Å². The first-order valence-corrected chi connectivity index (χ1v) is 7.64. The lowest BCUT2D eigenvalue weighted by atomic mass is 10.1. The topological polar surface area (TPSA) is 66.7 Å². The fourth-order valence-corrected chi connectivity index (χ4v) is 2.77. The predicted octanol–water partition coefficient (Wildman–Crippen LogP) is 1.52. The normalized spacial score (nSPS) is 23.0. The molecule has 1 atom stereocenters. The van der Waals surface area contributed by atoms with E-state index in [-0.39, 0.29) is 18.4 Å². The maximum absolute atomic E-state index is 12.3. The van der Waals surface area contributed by atoms with Crippen LogP contribution in [0.4, 0.5) is 0 Å². The van der Waals surface area contributed by atoms with Crippen molar-refractivity contribution in [1.82, 2.24) is 15.0 Å². The lowest BCUT2D eigenvalue weighted by Gasteiger charge is -2.38. The summed E-state index contributed by atoms with van der Waals surface area (Å²) in [7, 11) is 0. The third-order valence-corrected chi connectivity index (χ3v) is 4.17. The quantitative estimate of drug-likeness (QED) is 0.825. The number of hydrogen-bond acceptors (Lipinski definition) is 4. The smallest absolute Gasteiger partial charge is 0.245 e. The Balaban J connectivity index is 1.69. The highest BCUT2D eigenvalue weighted by molar-refractivity contribution is 5.94. The van der Waals surface area contributed by atoms with Crippen LogP contribution in [-0.4, -0.2) is 45.9 Å². The van der Waals surface area contributed by atoms with Gasteiger partial charge in [-0.1, -0.05) is 12.1 Å². The minimum Gasteiger partial charge on any atom is -0.361 e. The lowest BCUT2D eigenvalue weighted by Crippen LogP contribution is -2.58. The van der Waals surface area contributed by atoms with Gasteiger partial charge in [-0.2, -0.15) is 0 Å². The van der Waals surface area contributed by atoms with Crippen LogP contribution in [0.3, 0.4) is 0 Å². The van der Waals surface area contributed by atoms with E-state index >= 15 is 0 Å². The summed E-state index contributed by atoms with van der Waals surface area (Å²) in [5, 5.41) is 4.03. The molecule has 0 bridgehead atoms. The van der Waals surface area contributed by atoms with Crippen molar-refractivity contribution >= 4 is 11.8 Å². The zero-order valence-electron chi connectivity index (χ0n) is 12.5. The molecule has 2 aliphatic rings. The van der Waals surface area contributed by atoms with Crippen LogP contribution in [-0.2, 0) is 16.1 Å². The van der Waals surface area contributed by atoms with Gasteiger partial charge in [0, 0.05) is 18.5 Å². The van der Waals surface area contributed by atoms with Crippen LogP contribution >= 0.6 is 0 Å². The number of amides is 2. The van der Waals surface area contributed by atoms with Gasteiger partial charge in [-0.15, -0.1) is 0 Å². The van der Waals surface area contributed by atoms with Crippen LogP contribution in [0.2, 0.25) is 0 Å². The van der Waals surface area contributed by atoms with E-state index in [1.165, 1.54) is 0 Å². The van der Waals surface area contributed by atoms with Crippen LogP contribution in [0.5, 0.6) is 0 Å². The Kier molecular flexibility index (Phi) is 3.69. The predicted molar refractivity (Wildman–Crippen MR) is 75.4 cm³/mol. The second kappa shape index (κ2) is 5.50. The molecule has 3 rings (SSSR count). The van der Waals surface area contributed by atoms with Crippen molar-refractivity contribution in [2.75, 3.05) is 13.1 Å². The molecular formula is C15H21N3O3. The second-order valence-corrected chi connectivity index (χ2v) is 5.95. The first kappa shape index (κ1) is 14.1. The fraction of sp³-hybridized carbons (Fsp3) is 0.667. The van der Waals surface area contributed by atoms with E-state index in [4.69, 9.17) is 4.52 Å². The van der Waals surface area contributed by atoms with Gasteiger partial charge in [0.2, 0.25) is 11.8 Å². The standard InChI is InChI=1S/C15H21N3O3/c1-3-6-17-9-14(19)18(10(2)15(17)20)8-12-7-13(21-16-12)11-4-5-11/h7,10-11H,3-6,8-9H2,1-2H3/t10-/m1/s1. The molecule has 21 heavy (non-hydrogen) atoms. The summed E-state index contributed by atoms with van der Waals surface area (Å²) < 4.78 is 5.30. The van der Waals surface area contributed by atoms with Crippen LogP contribution in [0.1, 0.15) is 50.5 Å². The van der Waals surface area contributed by atoms with E-state index in [9.17, 15) is 9.59 Å². The second-order valence-electron chi connectivity index (χ2n) is 5.95. The SMILES string of the molecule is CCCN1CC(=O)N(Cc2cc(C3CC3)on2)[C@H](C)C1=O. The Labute approximate surface area is 124 Å². The number of nitrogens with zero attached hydrogens (tertiary/aromatic N) is 3. The molecule has 0 unspecified atom stereocenters. The highest BCUT2D eigenvalue weighted by Crippen LogP contribution is 2.40.